The topological polar surface area (TPSA) is 161 Å². The van der Waals surface area contributed by atoms with Crippen molar-refractivity contribution in [2.45, 2.75) is 140 Å². The first-order valence-corrected chi connectivity index (χ1v) is 31.7. The van der Waals surface area contributed by atoms with Gasteiger partial charge in [-0.25, -0.2) is 9.13 Å². The molecule has 4 atom stereocenters. The third kappa shape index (κ3) is 23.5. The van der Waals surface area contributed by atoms with E-state index < -0.39 is 40.1 Å². The van der Waals surface area contributed by atoms with E-state index in [9.17, 15) is 18.7 Å². The summed E-state index contributed by atoms with van der Waals surface area (Å²) in [6.07, 6.45) is 16.0. The molecule has 0 spiro atoms. The quantitative estimate of drug-likeness (QED) is 0.0235. The number of fused-ring (bicyclic) bond motifs is 1. The average Bonchev–Trinajstić information content (AvgIpc) is 4.00. The molecule has 6 rings (SSSR count). The second-order valence-corrected chi connectivity index (χ2v) is 23.7. The fraction of sp³-hybridized carbons (Fsp3) is 0.536. The van der Waals surface area contributed by atoms with E-state index in [1.165, 1.54) is 12.8 Å². The monoisotopic (exact) mass is 1100 g/mol. The molecule has 4 aromatic carbocycles. The number of para-hydroxylation sites is 4. The van der Waals surface area contributed by atoms with Crippen LogP contribution in [-0.4, -0.2) is 85.8 Å². The van der Waals surface area contributed by atoms with Gasteiger partial charge in [0.15, 0.2) is 12.2 Å². The van der Waals surface area contributed by atoms with Crippen LogP contribution in [-0.2, 0) is 46.7 Å². The third-order valence-corrected chi connectivity index (χ3v) is 17.0. The van der Waals surface area contributed by atoms with Gasteiger partial charge in [-0.2, -0.15) is 23.5 Å². The van der Waals surface area contributed by atoms with Gasteiger partial charge in [0, 0.05) is 24.3 Å². The largest absolute Gasteiger partial charge is 0.587 e. The lowest BCUT2D eigenvalue weighted by Gasteiger charge is -2.19. The van der Waals surface area contributed by atoms with E-state index in [0.717, 1.165) is 101 Å². The van der Waals surface area contributed by atoms with Gasteiger partial charge in [0.2, 0.25) is 0 Å². The standard InChI is InChI=1S/C56H76O14P2S2/c57-53(37-25-9-5-1-3-7-11-27-41-73-43-39-63-71(59,67-47-29-17-13-18-30-47)68-48-31-19-14-20-32-48)65-51-45-61-56-52(46-62-55(51)56)66-54(58)38-26-10-6-2-4-8-12-28-42-74-44-40-64-72(60,69-49-33-21-15-22-34-49)70-50-35-23-16-24-36-50/h13-24,29-36,51-52,55-56H,1-12,25-28,37-46H2/t51-,52+,55?,56?. The minimum absolute atomic E-state index is 0.242. The Morgan fingerprint density at radius 2 is 0.689 bits per heavy atom. The van der Waals surface area contributed by atoms with Gasteiger partial charge in [0.05, 0.1) is 26.4 Å². The van der Waals surface area contributed by atoms with Crippen LogP contribution in [0, 0.1) is 0 Å². The van der Waals surface area contributed by atoms with Crippen LogP contribution in [0.25, 0.3) is 0 Å². The van der Waals surface area contributed by atoms with Crippen molar-refractivity contribution in [3.63, 3.8) is 0 Å². The predicted molar refractivity (Wildman–Crippen MR) is 292 cm³/mol. The van der Waals surface area contributed by atoms with Gasteiger partial charge in [-0.05, 0) is 85.7 Å². The molecule has 0 radical (unpaired) electrons. The van der Waals surface area contributed by atoms with Crippen molar-refractivity contribution < 1.29 is 64.8 Å². The summed E-state index contributed by atoms with van der Waals surface area (Å²) in [6, 6.07) is 35.6. The van der Waals surface area contributed by atoms with Gasteiger partial charge in [-0.3, -0.25) is 18.6 Å². The molecule has 0 saturated carbocycles. The van der Waals surface area contributed by atoms with Gasteiger partial charge in [-0.15, -0.1) is 0 Å². The second-order valence-electron chi connectivity index (χ2n) is 18.2. The fourth-order valence-electron chi connectivity index (χ4n) is 8.36. The highest BCUT2D eigenvalue weighted by Crippen LogP contribution is 2.50. The number of carbonyl (C=O) groups is 2. The van der Waals surface area contributed by atoms with Crippen LogP contribution < -0.4 is 18.1 Å². The summed E-state index contributed by atoms with van der Waals surface area (Å²) in [7, 11) is -7.71. The van der Waals surface area contributed by atoms with E-state index in [1.807, 2.05) is 24.3 Å². The van der Waals surface area contributed by atoms with Gasteiger partial charge >= 0.3 is 27.6 Å². The highest BCUT2D eigenvalue weighted by molar-refractivity contribution is 7.99. The molecule has 18 heteroatoms. The fourth-order valence-corrected chi connectivity index (χ4v) is 12.7. The van der Waals surface area contributed by atoms with E-state index in [2.05, 4.69) is 0 Å². The lowest BCUT2D eigenvalue weighted by Crippen LogP contribution is -2.35. The Balaban J connectivity index is 0.690. The minimum Gasteiger partial charge on any atom is -0.457 e. The van der Waals surface area contributed by atoms with E-state index >= 15 is 0 Å². The number of ether oxygens (including phenoxy) is 4. The molecule has 2 saturated heterocycles. The second kappa shape index (κ2) is 34.6. The zero-order valence-electron chi connectivity index (χ0n) is 42.7. The number of unbranched alkanes of at least 4 members (excludes halogenated alkanes) is 14. The number of benzene rings is 4. The van der Waals surface area contributed by atoms with Gasteiger partial charge in [0.25, 0.3) is 0 Å². The Labute approximate surface area is 447 Å². The smallest absolute Gasteiger partial charge is 0.457 e. The Morgan fingerprint density at radius 1 is 0.405 bits per heavy atom. The van der Waals surface area contributed by atoms with Crippen LogP contribution in [0.3, 0.4) is 0 Å². The summed E-state index contributed by atoms with van der Waals surface area (Å²) in [4.78, 5) is 25.4. The number of thioether (sulfide) groups is 2. The number of esters is 2. The molecular formula is C56H76O14P2S2. The van der Waals surface area contributed by atoms with E-state index in [0.29, 0.717) is 47.3 Å². The summed E-state index contributed by atoms with van der Waals surface area (Å²) in [5.74, 6) is 4.57. The maximum absolute atomic E-state index is 13.4. The zero-order valence-corrected chi connectivity index (χ0v) is 46.1. The molecule has 2 fully saturated rings. The Morgan fingerprint density at radius 3 is 1.00 bits per heavy atom. The SMILES string of the molecule is O=C(CCCCCCCCCCSCCOP(=O)(Oc1ccccc1)Oc1ccccc1)O[C@H]1COC2C1OC[C@H]2OC(=O)CCCCCCCCCCSCCOP(=O)(Oc1ccccc1)Oc1ccccc1. The molecular weight excluding hydrogens is 1020 g/mol. The lowest BCUT2D eigenvalue weighted by molar-refractivity contribution is -0.155. The molecule has 74 heavy (non-hydrogen) atoms. The lowest BCUT2D eigenvalue weighted by atomic mass is 10.1. The maximum Gasteiger partial charge on any atom is 0.587 e. The van der Waals surface area contributed by atoms with Crippen LogP contribution in [0.5, 0.6) is 23.0 Å². The van der Waals surface area contributed by atoms with Crippen molar-refractivity contribution in [2.24, 2.45) is 0 Å². The highest BCUT2D eigenvalue weighted by Gasteiger charge is 2.51. The van der Waals surface area contributed by atoms with Crippen molar-refractivity contribution in [1.29, 1.82) is 0 Å². The highest BCUT2D eigenvalue weighted by atomic mass is 32.2. The normalized spacial score (nSPS) is 17.4. The van der Waals surface area contributed by atoms with E-state index in [1.54, 1.807) is 121 Å². The van der Waals surface area contributed by atoms with Crippen molar-refractivity contribution in [1.82, 2.24) is 0 Å². The molecule has 0 bridgehead atoms. The van der Waals surface area contributed by atoms with Crippen LogP contribution >= 0.6 is 39.2 Å². The summed E-state index contributed by atoms with van der Waals surface area (Å²) in [5.41, 5.74) is 0. The molecule has 406 valence electrons. The van der Waals surface area contributed by atoms with Crippen LogP contribution in [0.2, 0.25) is 0 Å². The molecule has 0 amide bonds. The zero-order chi connectivity index (χ0) is 51.8. The molecule has 4 aromatic rings. The summed E-state index contributed by atoms with van der Waals surface area (Å²) < 4.78 is 84.2. The Kier molecular flexibility index (Phi) is 27.7. The Bertz CT molecular complexity index is 1990. The predicted octanol–water partition coefficient (Wildman–Crippen LogP) is 14.7. The number of rotatable bonds is 40. The molecule has 14 nitrogen and oxygen atoms in total. The maximum atomic E-state index is 13.4. The number of hydrogen-bond donors (Lipinski definition) is 0. The van der Waals surface area contributed by atoms with E-state index in [4.69, 9.17) is 46.1 Å². The summed E-state index contributed by atoms with van der Waals surface area (Å²) in [5, 5.41) is 0. The van der Waals surface area contributed by atoms with Crippen LogP contribution in [0.1, 0.15) is 116 Å². The number of hydrogen-bond acceptors (Lipinski definition) is 16. The van der Waals surface area contributed by atoms with E-state index in [-0.39, 0.29) is 38.4 Å². The third-order valence-electron chi connectivity index (χ3n) is 12.2. The molecule has 2 heterocycles. The molecule has 0 N–H and O–H groups in total. The molecule has 2 unspecified atom stereocenters. The van der Waals surface area contributed by atoms with Crippen molar-refractivity contribution in [3.05, 3.63) is 121 Å². The first kappa shape index (κ1) is 59.3. The average molecular weight is 1100 g/mol. The summed E-state index contributed by atoms with van der Waals surface area (Å²) in [6.45, 7) is 0.980. The van der Waals surface area contributed by atoms with Crippen molar-refractivity contribution in [3.8, 4) is 23.0 Å². The number of carbonyl (C=O) groups excluding carboxylic acids is 2. The molecule has 0 aliphatic carbocycles. The first-order valence-electron chi connectivity index (χ1n) is 26.5. The summed E-state index contributed by atoms with van der Waals surface area (Å²) >= 11 is 3.53. The Hall–Kier alpha value is -3.98. The minimum atomic E-state index is -3.86. The number of phosphoric acid groups is 2. The van der Waals surface area contributed by atoms with Crippen molar-refractivity contribution in [2.75, 3.05) is 49.4 Å². The molecule has 2 aliphatic heterocycles. The van der Waals surface area contributed by atoms with Gasteiger partial charge < -0.3 is 37.0 Å². The first-order chi connectivity index (χ1) is 36.3. The molecule has 0 aromatic heterocycles. The van der Waals surface area contributed by atoms with Gasteiger partial charge in [-0.1, -0.05) is 150 Å². The van der Waals surface area contributed by atoms with Crippen LogP contribution in [0.4, 0.5) is 0 Å². The van der Waals surface area contributed by atoms with Gasteiger partial charge in [0.1, 0.15) is 35.2 Å². The number of phosphoric ester groups is 2. The van der Waals surface area contributed by atoms with Crippen LogP contribution in [0.15, 0.2) is 121 Å². The molecule has 2 aliphatic rings. The van der Waals surface area contributed by atoms with Crippen molar-refractivity contribution >= 4 is 51.1 Å².